The summed E-state index contributed by atoms with van der Waals surface area (Å²) in [6.07, 6.45) is 2.54. The normalized spacial score (nSPS) is 16.9. The monoisotopic (exact) mass is 275 g/mol. The molecule has 1 aromatic carbocycles. The molecule has 0 unspecified atom stereocenters. The molecule has 0 radical (unpaired) electrons. The number of hydrogen-bond acceptors (Lipinski definition) is 3. The van der Waals surface area contributed by atoms with Crippen molar-refractivity contribution < 1.29 is 4.79 Å². The van der Waals surface area contributed by atoms with Crippen LogP contribution in [0.5, 0.6) is 0 Å². The van der Waals surface area contributed by atoms with Crippen molar-refractivity contribution in [2.75, 3.05) is 37.3 Å². The number of aryl methyl sites for hydroxylation is 1. The second kappa shape index (κ2) is 6.75. The first-order valence-electron chi connectivity index (χ1n) is 7.35. The van der Waals surface area contributed by atoms with Crippen molar-refractivity contribution >= 4 is 17.3 Å². The van der Waals surface area contributed by atoms with Crippen molar-refractivity contribution in [2.24, 2.45) is 5.92 Å². The van der Waals surface area contributed by atoms with Gasteiger partial charge in [0, 0.05) is 24.8 Å². The molecule has 0 aliphatic carbocycles. The second-order valence-electron chi connectivity index (χ2n) is 5.84. The number of carbonyl (C=O) groups excluding carboxylic acids is 1. The minimum Gasteiger partial charge on any atom is -0.385 e. The Balaban J connectivity index is 1.87. The van der Waals surface area contributed by atoms with Crippen molar-refractivity contribution in [2.45, 2.75) is 26.7 Å². The summed E-state index contributed by atoms with van der Waals surface area (Å²) in [4.78, 5) is 13.5. The third-order valence-corrected chi connectivity index (χ3v) is 3.97. The Labute approximate surface area is 121 Å². The molecule has 1 heterocycles. The van der Waals surface area contributed by atoms with Crippen LogP contribution in [0.15, 0.2) is 18.2 Å². The first-order valence-corrected chi connectivity index (χ1v) is 7.35. The highest BCUT2D eigenvalue weighted by Crippen LogP contribution is 2.21. The summed E-state index contributed by atoms with van der Waals surface area (Å²) in [6.45, 7) is 6.99. The molecule has 2 rings (SSSR count). The first kappa shape index (κ1) is 14.9. The van der Waals surface area contributed by atoms with Crippen LogP contribution in [0, 0.1) is 12.8 Å². The van der Waals surface area contributed by atoms with Gasteiger partial charge in [-0.15, -0.1) is 0 Å². The molecular weight excluding hydrogens is 250 g/mol. The maximum Gasteiger partial charge on any atom is 0.221 e. The summed E-state index contributed by atoms with van der Waals surface area (Å²) in [5.41, 5.74) is 3.12. The van der Waals surface area contributed by atoms with Crippen LogP contribution in [0.25, 0.3) is 0 Å². The van der Waals surface area contributed by atoms with Crippen LogP contribution >= 0.6 is 0 Å². The zero-order valence-electron chi connectivity index (χ0n) is 12.7. The zero-order chi connectivity index (χ0) is 14.5. The predicted octanol–water partition coefficient (Wildman–Crippen LogP) is 2.71. The van der Waals surface area contributed by atoms with E-state index in [4.69, 9.17) is 0 Å². The van der Waals surface area contributed by atoms with Gasteiger partial charge in [0.1, 0.15) is 0 Å². The minimum atomic E-state index is -0.0277. The maximum atomic E-state index is 11.1. The third kappa shape index (κ3) is 4.23. The number of rotatable bonds is 4. The van der Waals surface area contributed by atoms with Crippen molar-refractivity contribution in [3.8, 4) is 0 Å². The topological polar surface area (TPSA) is 44.4 Å². The fraction of sp³-hybridized carbons (Fsp3) is 0.562. The van der Waals surface area contributed by atoms with Gasteiger partial charge in [0.05, 0.1) is 0 Å². The Morgan fingerprint density at radius 1 is 1.35 bits per heavy atom. The number of amides is 1. The van der Waals surface area contributed by atoms with Crippen LogP contribution in [-0.4, -0.2) is 37.5 Å². The van der Waals surface area contributed by atoms with Gasteiger partial charge in [0.2, 0.25) is 5.91 Å². The van der Waals surface area contributed by atoms with Gasteiger partial charge in [-0.25, -0.2) is 0 Å². The smallest absolute Gasteiger partial charge is 0.221 e. The molecule has 0 bridgehead atoms. The van der Waals surface area contributed by atoms with Gasteiger partial charge >= 0.3 is 0 Å². The van der Waals surface area contributed by atoms with Crippen LogP contribution in [0.3, 0.4) is 0 Å². The van der Waals surface area contributed by atoms with Gasteiger partial charge in [0.15, 0.2) is 0 Å². The summed E-state index contributed by atoms with van der Waals surface area (Å²) in [6, 6.07) is 6.10. The van der Waals surface area contributed by atoms with E-state index in [2.05, 4.69) is 28.6 Å². The summed E-state index contributed by atoms with van der Waals surface area (Å²) in [5, 5.41) is 6.36. The van der Waals surface area contributed by atoms with Gasteiger partial charge in [-0.05, 0) is 69.6 Å². The molecule has 1 saturated heterocycles. The maximum absolute atomic E-state index is 11.1. The van der Waals surface area contributed by atoms with E-state index in [1.165, 1.54) is 32.9 Å². The molecule has 1 fully saturated rings. The third-order valence-electron chi connectivity index (χ3n) is 3.97. The fourth-order valence-corrected chi connectivity index (χ4v) is 2.63. The largest absolute Gasteiger partial charge is 0.385 e. The van der Waals surface area contributed by atoms with E-state index in [0.29, 0.717) is 0 Å². The molecule has 20 heavy (non-hydrogen) atoms. The average Bonchev–Trinajstić information content (AvgIpc) is 2.40. The van der Waals surface area contributed by atoms with E-state index in [0.717, 1.165) is 29.4 Å². The van der Waals surface area contributed by atoms with E-state index in [9.17, 15) is 4.79 Å². The van der Waals surface area contributed by atoms with Gasteiger partial charge < -0.3 is 15.5 Å². The lowest BCUT2D eigenvalue weighted by atomic mass is 9.97. The molecule has 0 aromatic heterocycles. The molecule has 4 heteroatoms. The van der Waals surface area contributed by atoms with Crippen molar-refractivity contribution in [1.29, 1.82) is 0 Å². The van der Waals surface area contributed by atoms with Crippen LogP contribution in [-0.2, 0) is 4.79 Å². The van der Waals surface area contributed by atoms with Crippen LogP contribution in [0.1, 0.15) is 25.3 Å². The molecule has 0 saturated carbocycles. The number of benzene rings is 1. The molecule has 0 spiro atoms. The van der Waals surface area contributed by atoms with Crippen molar-refractivity contribution in [1.82, 2.24) is 4.90 Å². The molecule has 1 aromatic rings. The molecule has 2 N–H and O–H groups in total. The fourth-order valence-electron chi connectivity index (χ4n) is 2.63. The number of anilines is 2. The zero-order valence-corrected chi connectivity index (χ0v) is 12.7. The lowest BCUT2D eigenvalue weighted by Crippen LogP contribution is -2.32. The van der Waals surface area contributed by atoms with Crippen molar-refractivity contribution in [3.63, 3.8) is 0 Å². The Morgan fingerprint density at radius 2 is 2.05 bits per heavy atom. The molecule has 110 valence electrons. The SMILES string of the molecule is CC(=O)Nc1ccc(NCC2CCN(C)CC2)cc1C. The number of nitrogens with one attached hydrogen (secondary N) is 2. The summed E-state index contributed by atoms with van der Waals surface area (Å²) >= 11 is 0. The number of likely N-dealkylation sites (tertiary alicyclic amines) is 1. The predicted molar refractivity (Wildman–Crippen MR) is 84.2 cm³/mol. The summed E-state index contributed by atoms with van der Waals surface area (Å²) < 4.78 is 0. The number of hydrogen-bond donors (Lipinski definition) is 2. The van der Waals surface area contributed by atoms with Crippen LogP contribution in [0.2, 0.25) is 0 Å². The number of piperidine rings is 1. The molecule has 1 aliphatic rings. The highest BCUT2D eigenvalue weighted by Gasteiger charge is 2.16. The molecule has 1 aliphatic heterocycles. The van der Waals surface area contributed by atoms with E-state index < -0.39 is 0 Å². The first-order chi connectivity index (χ1) is 9.54. The lowest BCUT2D eigenvalue weighted by Gasteiger charge is -2.29. The molecular formula is C16H25N3O. The summed E-state index contributed by atoms with van der Waals surface area (Å²) in [7, 11) is 2.19. The summed E-state index contributed by atoms with van der Waals surface area (Å²) in [5.74, 6) is 0.738. The van der Waals surface area contributed by atoms with Gasteiger partial charge in [-0.1, -0.05) is 0 Å². The van der Waals surface area contributed by atoms with E-state index in [1.54, 1.807) is 0 Å². The Hall–Kier alpha value is -1.55. The second-order valence-corrected chi connectivity index (χ2v) is 5.84. The highest BCUT2D eigenvalue weighted by atomic mass is 16.1. The van der Waals surface area contributed by atoms with E-state index in [1.807, 2.05) is 19.1 Å². The average molecular weight is 275 g/mol. The standard InChI is InChI=1S/C16H25N3O/c1-12-10-15(4-5-16(12)18-13(2)20)17-11-14-6-8-19(3)9-7-14/h4-5,10,14,17H,6-9,11H2,1-3H3,(H,18,20). The number of carbonyl (C=O) groups is 1. The van der Waals surface area contributed by atoms with E-state index >= 15 is 0 Å². The Kier molecular flexibility index (Phi) is 5.01. The van der Waals surface area contributed by atoms with Gasteiger partial charge in [0.25, 0.3) is 0 Å². The molecule has 1 amide bonds. The van der Waals surface area contributed by atoms with E-state index in [-0.39, 0.29) is 5.91 Å². The highest BCUT2D eigenvalue weighted by molar-refractivity contribution is 5.89. The Morgan fingerprint density at radius 3 is 2.65 bits per heavy atom. The van der Waals surface area contributed by atoms with Crippen LogP contribution in [0.4, 0.5) is 11.4 Å². The minimum absolute atomic E-state index is 0.0277. The van der Waals surface area contributed by atoms with Crippen molar-refractivity contribution in [3.05, 3.63) is 23.8 Å². The quantitative estimate of drug-likeness (QED) is 0.888. The van der Waals surface area contributed by atoms with Crippen LogP contribution < -0.4 is 10.6 Å². The lowest BCUT2D eigenvalue weighted by molar-refractivity contribution is -0.114. The number of nitrogens with zero attached hydrogens (tertiary/aromatic N) is 1. The Bertz CT molecular complexity index is 465. The van der Waals surface area contributed by atoms with Gasteiger partial charge in [-0.3, -0.25) is 4.79 Å². The molecule has 4 nitrogen and oxygen atoms in total. The van der Waals surface area contributed by atoms with Gasteiger partial charge in [-0.2, -0.15) is 0 Å². The molecule has 0 atom stereocenters.